The van der Waals surface area contributed by atoms with E-state index in [1.54, 1.807) is 0 Å². The second-order valence-corrected chi connectivity index (χ2v) is 8.26. The summed E-state index contributed by atoms with van der Waals surface area (Å²) in [6.45, 7) is -0.256. The normalized spacial score (nSPS) is 11.6. The van der Waals surface area contributed by atoms with Gasteiger partial charge in [-0.2, -0.15) is 0 Å². The molecule has 4 nitrogen and oxygen atoms in total. The second-order valence-electron chi connectivity index (χ2n) is 3.74. The molecule has 0 saturated carbocycles. The molecule has 0 aliphatic heterocycles. The fraction of sp³-hybridized carbons (Fsp3) is 0.0909. The molecular weight excluding hydrogens is 393 g/mol. The third kappa shape index (κ3) is 3.32. The summed E-state index contributed by atoms with van der Waals surface area (Å²) in [5, 5.41) is 8.92. The summed E-state index contributed by atoms with van der Waals surface area (Å²) in [5.41, 5.74) is 0.0653. The minimum Gasteiger partial charge on any atom is -0.391 e. The maximum Gasteiger partial charge on any atom is 0.263 e. The number of halogens is 3. The highest BCUT2D eigenvalue weighted by molar-refractivity contribution is 9.11. The van der Waals surface area contributed by atoms with Gasteiger partial charge in [0.1, 0.15) is 10.7 Å². The largest absolute Gasteiger partial charge is 0.391 e. The summed E-state index contributed by atoms with van der Waals surface area (Å²) >= 11 is 9.77. The van der Waals surface area contributed by atoms with Gasteiger partial charge in [-0.1, -0.05) is 11.6 Å². The van der Waals surface area contributed by atoms with Gasteiger partial charge in [-0.15, -0.1) is 11.3 Å². The van der Waals surface area contributed by atoms with Crippen LogP contribution in [0.2, 0.25) is 5.02 Å². The van der Waals surface area contributed by atoms with Gasteiger partial charge >= 0.3 is 0 Å². The fourth-order valence-electron chi connectivity index (χ4n) is 1.43. The molecule has 0 spiro atoms. The topological polar surface area (TPSA) is 66.4 Å². The second kappa shape index (κ2) is 5.98. The average molecular weight is 401 g/mol. The first kappa shape index (κ1) is 15.7. The highest BCUT2D eigenvalue weighted by atomic mass is 79.9. The lowest BCUT2D eigenvalue weighted by molar-refractivity contribution is 0.285. The molecule has 0 bridgehead atoms. The Morgan fingerprint density at radius 2 is 2.10 bits per heavy atom. The Morgan fingerprint density at radius 3 is 2.65 bits per heavy atom. The number of benzene rings is 1. The highest BCUT2D eigenvalue weighted by Crippen LogP contribution is 2.33. The van der Waals surface area contributed by atoms with E-state index in [4.69, 9.17) is 16.7 Å². The molecule has 0 fully saturated rings. The quantitative estimate of drug-likeness (QED) is 0.824. The van der Waals surface area contributed by atoms with Crippen molar-refractivity contribution in [3.63, 3.8) is 0 Å². The summed E-state index contributed by atoms with van der Waals surface area (Å²) < 4.78 is 40.3. The average Bonchev–Trinajstić information content (AvgIpc) is 2.76. The Kier molecular flexibility index (Phi) is 4.70. The maximum atomic E-state index is 13.3. The molecule has 0 unspecified atom stereocenters. The Labute approximate surface area is 132 Å². The van der Waals surface area contributed by atoms with E-state index < -0.39 is 15.8 Å². The summed E-state index contributed by atoms with van der Waals surface area (Å²) in [5.74, 6) is -0.715. The van der Waals surface area contributed by atoms with Gasteiger partial charge < -0.3 is 5.11 Å². The van der Waals surface area contributed by atoms with Crippen molar-refractivity contribution in [2.45, 2.75) is 11.5 Å². The zero-order valence-corrected chi connectivity index (χ0v) is 13.7. The van der Waals surface area contributed by atoms with Crippen molar-refractivity contribution in [2.24, 2.45) is 0 Å². The Hall–Kier alpha value is -0.670. The molecule has 108 valence electrons. The van der Waals surface area contributed by atoms with Crippen LogP contribution in [0.15, 0.2) is 32.9 Å². The molecule has 2 aromatic rings. The van der Waals surface area contributed by atoms with Crippen molar-refractivity contribution in [2.75, 3.05) is 4.72 Å². The van der Waals surface area contributed by atoms with Crippen LogP contribution in [0.25, 0.3) is 0 Å². The molecule has 0 aliphatic rings. The molecule has 9 heteroatoms. The molecule has 1 aromatic carbocycles. The first-order valence-corrected chi connectivity index (χ1v) is 8.67. The van der Waals surface area contributed by atoms with Crippen molar-refractivity contribution in [1.82, 2.24) is 0 Å². The summed E-state index contributed by atoms with van der Waals surface area (Å²) in [6, 6.07) is 4.96. The van der Waals surface area contributed by atoms with E-state index in [9.17, 15) is 12.8 Å². The van der Waals surface area contributed by atoms with Crippen LogP contribution in [0.1, 0.15) is 4.88 Å². The first-order valence-electron chi connectivity index (χ1n) is 5.20. The van der Waals surface area contributed by atoms with Crippen LogP contribution in [0.4, 0.5) is 10.1 Å². The molecule has 1 heterocycles. The van der Waals surface area contributed by atoms with Crippen LogP contribution >= 0.6 is 38.9 Å². The third-order valence-corrected chi connectivity index (χ3v) is 6.25. The highest BCUT2D eigenvalue weighted by Gasteiger charge is 2.21. The van der Waals surface area contributed by atoms with Crippen LogP contribution in [-0.2, 0) is 16.6 Å². The Bertz CT molecular complexity index is 748. The van der Waals surface area contributed by atoms with Gasteiger partial charge in [-0.3, -0.25) is 4.72 Å². The number of thiophene rings is 1. The fourth-order valence-corrected chi connectivity index (χ4v) is 5.14. The standard InChI is InChI=1S/C11H8BrClFNO3S2/c12-11-10(4-7(5-16)19-11)20(17,18)15-6-1-2-8(13)9(14)3-6/h1-4,15-16H,5H2. The monoisotopic (exact) mass is 399 g/mol. The molecule has 20 heavy (non-hydrogen) atoms. The van der Waals surface area contributed by atoms with Crippen LogP contribution in [-0.4, -0.2) is 13.5 Å². The lowest BCUT2D eigenvalue weighted by Gasteiger charge is -2.07. The molecule has 2 N–H and O–H groups in total. The zero-order chi connectivity index (χ0) is 14.9. The number of hydrogen-bond donors (Lipinski definition) is 2. The van der Waals surface area contributed by atoms with Gasteiger partial charge in [0.05, 0.1) is 21.1 Å². The van der Waals surface area contributed by atoms with Gasteiger partial charge in [-0.25, -0.2) is 12.8 Å². The maximum absolute atomic E-state index is 13.3. The molecule has 0 amide bonds. The van der Waals surface area contributed by atoms with Gasteiger partial charge in [0, 0.05) is 4.88 Å². The minimum absolute atomic E-state index is 0.0121. The summed E-state index contributed by atoms with van der Waals surface area (Å²) in [6.07, 6.45) is 0. The number of sulfonamides is 1. The zero-order valence-electron chi connectivity index (χ0n) is 9.73. The molecule has 1 aromatic heterocycles. The van der Waals surface area contributed by atoms with E-state index in [0.717, 1.165) is 17.4 Å². The SMILES string of the molecule is O=S(=O)(Nc1ccc(Cl)c(F)c1)c1cc(CO)sc1Br. The molecule has 0 radical (unpaired) electrons. The van der Waals surface area contributed by atoms with Crippen molar-refractivity contribution >= 4 is 54.6 Å². The van der Waals surface area contributed by atoms with E-state index in [2.05, 4.69) is 20.7 Å². The van der Waals surface area contributed by atoms with Gasteiger partial charge in [0.2, 0.25) is 0 Å². The number of aliphatic hydroxyl groups is 1. The molecule has 0 saturated heterocycles. The molecule has 0 atom stereocenters. The van der Waals surface area contributed by atoms with Crippen molar-refractivity contribution in [1.29, 1.82) is 0 Å². The van der Waals surface area contributed by atoms with E-state index in [0.29, 0.717) is 8.66 Å². The van der Waals surface area contributed by atoms with Crippen molar-refractivity contribution < 1.29 is 17.9 Å². The lowest BCUT2D eigenvalue weighted by Crippen LogP contribution is -2.12. The van der Waals surface area contributed by atoms with Crippen LogP contribution in [0.5, 0.6) is 0 Å². The van der Waals surface area contributed by atoms with Crippen molar-refractivity contribution in [3.05, 3.63) is 43.8 Å². The first-order chi connectivity index (χ1) is 9.33. The van der Waals surface area contributed by atoms with Gasteiger partial charge in [0.25, 0.3) is 10.0 Å². The molecule has 2 rings (SSSR count). The number of aliphatic hydroxyl groups excluding tert-OH is 1. The Balaban J connectivity index is 2.35. The van der Waals surface area contributed by atoms with Crippen LogP contribution < -0.4 is 4.72 Å². The number of hydrogen-bond acceptors (Lipinski definition) is 4. The van der Waals surface area contributed by atoms with E-state index in [-0.39, 0.29) is 22.2 Å². The summed E-state index contributed by atoms with van der Waals surface area (Å²) in [7, 11) is -3.87. The smallest absolute Gasteiger partial charge is 0.263 e. The third-order valence-electron chi connectivity index (χ3n) is 2.32. The minimum atomic E-state index is -3.87. The number of rotatable bonds is 4. The predicted molar refractivity (Wildman–Crippen MR) is 80.2 cm³/mol. The van der Waals surface area contributed by atoms with Crippen molar-refractivity contribution in [3.8, 4) is 0 Å². The number of anilines is 1. The number of nitrogens with one attached hydrogen (secondary N) is 1. The summed E-state index contributed by atoms with van der Waals surface area (Å²) in [4.78, 5) is 0.487. The van der Waals surface area contributed by atoms with Crippen LogP contribution in [0, 0.1) is 5.82 Å². The van der Waals surface area contributed by atoms with Crippen LogP contribution in [0.3, 0.4) is 0 Å². The van der Waals surface area contributed by atoms with E-state index in [1.807, 2.05) is 0 Å². The van der Waals surface area contributed by atoms with Gasteiger partial charge in [-0.05, 0) is 40.2 Å². The van der Waals surface area contributed by atoms with E-state index in [1.165, 1.54) is 18.2 Å². The molecular formula is C11H8BrClFNO3S2. The van der Waals surface area contributed by atoms with E-state index >= 15 is 0 Å². The molecule has 0 aliphatic carbocycles. The van der Waals surface area contributed by atoms with Gasteiger partial charge in [0.15, 0.2) is 0 Å². The lowest BCUT2D eigenvalue weighted by atomic mass is 10.3. The predicted octanol–water partition coefficient (Wildman–Crippen LogP) is 3.60. The Morgan fingerprint density at radius 1 is 1.40 bits per heavy atom.